The molecule has 4 bridgehead atoms. The molecule has 2 fully saturated rings. The molecule has 1 amide bonds. The Hall–Kier alpha value is -5.43. The molecule has 0 spiro atoms. The zero-order valence-corrected chi connectivity index (χ0v) is 27.9. The van der Waals surface area contributed by atoms with Crippen LogP contribution < -0.4 is 4.90 Å². The summed E-state index contributed by atoms with van der Waals surface area (Å²) in [6, 6.07) is 14.7. The molecule has 1 aromatic heterocycles. The average Bonchev–Trinajstić information content (AvgIpc) is 3.95. The van der Waals surface area contributed by atoms with E-state index in [0.717, 1.165) is 11.1 Å². The largest absolute Gasteiger partial charge is 0.494 e. The van der Waals surface area contributed by atoms with Crippen molar-refractivity contribution in [3.63, 3.8) is 0 Å². The molecule has 7 atom stereocenters. The number of nitrogens with zero attached hydrogens (tertiary/aromatic N) is 2. The minimum absolute atomic E-state index is 0.150. The summed E-state index contributed by atoms with van der Waals surface area (Å²) >= 11 is 0. The Morgan fingerprint density at radius 3 is 2.08 bits per heavy atom. The van der Waals surface area contributed by atoms with Gasteiger partial charge in [-0.3, -0.25) is 14.3 Å². The predicted octanol–water partition coefficient (Wildman–Crippen LogP) is 4.16. The summed E-state index contributed by atoms with van der Waals surface area (Å²) in [6.45, 7) is 9.96. The predicted molar refractivity (Wildman–Crippen MR) is 182 cm³/mol. The first-order valence-electron chi connectivity index (χ1n) is 16.6. The Balaban J connectivity index is 0.965. The number of aliphatic hydroxyl groups is 1. The van der Waals surface area contributed by atoms with Crippen LogP contribution in [0.1, 0.15) is 42.2 Å². The monoisotopic (exact) mass is 692 g/mol. The summed E-state index contributed by atoms with van der Waals surface area (Å²) in [5, 5.41) is 33.8. The second kappa shape index (κ2) is 11.6. The molecule has 2 saturated heterocycles. The first-order valence-corrected chi connectivity index (χ1v) is 16.6. The molecule has 0 radical (unpaired) electrons. The third-order valence-corrected chi connectivity index (χ3v) is 10.4. The van der Waals surface area contributed by atoms with Crippen LogP contribution in [0.2, 0.25) is 0 Å². The minimum Gasteiger partial charge on any atom is -0.494 e. The fourth-order valence-corrected chi connectivity index (χ4v) is 7.97. The number of aliphatic hydroxyl groups excluding tert-OH is 1. The van der Waals surface area contributed by atoms with Crippen molar-refractivity contribution in [3.8, 4) is 17.4 Å². The van der Waals surface area contributed by atoms with E-state index in [4.69, 9.17) is 18.9 Å². The highest BCUT2D eigenvalue weighted by Crippen LogP contribution is 2.59. The molecule has 0 aliphatic carbocycles. The van der Waals surface area contributed by atoms with Crippen LogP contribution in [0.4, 0.5) is 5.69 Å². The van der Waals surface area contributed by atoms with Crippen molar-refractivity contribution >= 4 is 23.5 Å². The van der Waals surface area contributed by atoms with E-state index >= 15 is 0 Å². The Labute approximate surface area is 293 Å². The van der Waals surface area contributed by atoms with E-state index in [0.29, 0.717) is 28.9 Å². The van der Waals surface area contributed by atoms with Crippen molar-refractivity contribution in [1.82, 2.24) is 4.57 Å². The summed E-state index contributed by atoms with van der Waals surface area (Å²) in [5.74, 6) is -3.03. The topological polar surface area (TPSA) is 157 Å². The molecule has 6 heterocycles. The van der Waals surface area contributed by atoms with Gasteiger partial charge in [0.05, 0.1) is 28.8 Å². The van der Waals surface area contributed by atoms with Gasteiger partial charge in [-0.2, -0.15) is 0 Å². The molecule has 51 heavy (non-hydrogen) atoms. The molecule has 262 valence electrons. The Bertz CT molecular complexity index is 2080. The number of amides is 1. The number of rotatable bonds is 10. The molecule has 3 N–H and O–H groups in total. The standard InChI is InChI=1S/C39H36N2O10/c1-20(2)36(46)48-18-38-15-13-26(50-38)28-30(38)34(44)40(32(28)42)24-9-5-22(6-10-24)17-23-7-11-25(12-8-23)41-33(43)29-27-14-16-39(51-27,31(29)35(41)45)19-49-37(47)21(3)4/h5-16,26-28,30,32,42-43,45H,1,3,17-19H2,2,4H3. The Morgan fingerprint density at radius 2 is 1.45 bits per heavy atom. The lowest BCUT2D eigenvalue weighted by molar-refractivity contribution is -0.149. The van der Waals surface area contributed by atoms with Gasteiger partial charge in [-0.15, -0.1) is 0 Å². The van der Waals surface area contributed by atoms with Gasteiger partial charge in [0.15, 0.2) is 5.60 Å². The van der Waals surface area contributed by atoms with Crippen LogP contribution in [0.15, 0.2) is 97.1 Å². The number of anilines is 1. The second-order valence-electron chi connectivity index (χ2n) is 13.9. The lowest BCUT2D eigenvalue weighted by atomic mass is 9.77. The van der Waals surface area contributed by atoms with Gasteiger partial charge in [0, 0.05) is 22.8 Å². The number of carbonyl (C=O) groups is 3. The number of aromatic hydroxyl groups is 2. The van der Waals surface area contributed by atoms with Crippen molar-refractivity contribution in [2.75, 3.05) is 18.1 Å². The maximum absolute atomic E-state index is 13.8. The van der Waals surface area contributed by atoms with Gasteiger partial charge in [-0.05, 0) is 61.7 Å². The molecule has 0 saturated carbocycles. The molecule has 3 aromatic rings. The van der Waals surface area contributed by atoms with Crippen LogP contribution >= 0.6 is 0 Å². The molecule has 2 aromatic carbocycles. The quantitative estimate of drug-likeness (QED) is 0.160. The van der Waals surface area contributed by atoms with E-state index in [1.54, 1.807) is 56.3 Å². The maximum atomic E-state index is 13.8. The average molecular weight is 693 g/mol. The number of hydrogen-bond acceptors (Lipinski definition) is 10. The molecule has 7 unspecified atom stereocenters. The fourth-order valence-electron chi connectivity index (χ4n) is 7.97. The van der Waals surface area contributed by atoms with Gasteiger partial charge in [-0.25, -0.2) is 9.59 Å². The van der Waals surface area contributed by atoms with Crippen molar-refractivity contribution in [1.29, 1.82) is 0 Å². The minimum atomic E-state index is -1.22. The van der Waals surface area contributed by atoms with E-state index in [2.05, 4.69) is 13.2 Å². The normalized spacial score (nSPS) is 29.0. The Kier molecular flexibility index (Phi) is 7.42. The SMILES string of the molecule is C=C(C)C(=O)OCC12C=CC(O1)c1c2c(O)n(-c2ccc(Cc3ccc(N4C(=O)C5C(C6C=CC5(COC(=O)C(=C)C)O6)C4O)cc3)cc2)c1O. The van der Waals surface area contributed by atoms with E-state index in [-0.39, 0.29) is 42.0 Å². The first-order chi connectivity index (χ1) is 24.3. The van der Waals surface area contributed by atoms with Crippen molar-refractivity contribution in [2.45, 2.75) is 49.9 Å². The van der Waals surface area contributed by atoms with Crippen LogP contribution in [0.25, 0.3) is 5.69 Å². The summed E-state index contributed by atoms with van der Waals surface area (Å²) in [4.78, 5) is 39.3. The van der Waals surface area contributed by atoms with Gasteiger partial charge >= 0.3 is 11.9 Å². The third-order valence-electron chi connectivity index (χ3n) is 10.4. The highest BCUT2D eigenvalue weighted by molar-refractivity contribution is 6.00. The van der Waals surface area contributed by atoms with Crippen LogP contribution in [0, 0.1) is 11.8 Å². The highest BCUT2D eigenvalue weighted by Gasteiger charge is 2.68. The van der Waals surface area contributed by atoms with E-state index in [1.807, 2.05) is 30.3 Å². The van der Waals surface area contributed by atoms with Gasteiger partial charge < -0.3 is 34.3 Å². The smallest absolute Gasteiger partial charge is 0.333 e. The highest BCUT2D eigenvalue weighted by atomic mass is 16.6. The van der Waals surface area contributed by atoms with Gasteiger partial charge in [0.1, 0.15) is 31.1 Å². The molecule has 12 heteroatoms. The van der Waals surface area contributed by atoms with Crippen LogP contribution in [0.3, 0.4) is 0 Å². The summed E-state index contributed by atoms with van der Waals surface area (Å²) in [7, 11) is 0. The number of ether oxygens (including phenoxy) is 4. The van der Waals surface area contributed by atoms with Crippen molar-refractivity contribution in [2.24, 2.45) is 11.8 Å². The number of esters is 2. The van der Waals surface area contributed by atoms with Gasteiger partial charge in [0.2, 0.25) is 17.7 Å². The molecule has 5 aliphatic heterocycles. The maximum Gasteiger partial charge on any atom is 0.333 e. The zero-order chi connectivity index (χ0) is 36.0. The summed E-state index contributed by atoms with van der Waals surface area (Å²) in [5.41, 5.74) is 1.88. The second-order valence-corrected chi connectivity index (χ2v) is 13.9. The van der Waals surface area contributed by atoms with Crippen LogP contribution in [-0.4, -0.2) is 68.9 Å². The van der Waals surface area contributed by atoms with E-state index in [1.165, 1.54) is 9.47 Å². The number of benzene rings is 2. The molecular formula is C39H36N2O10. The Morgan fingerprint density at radius 1 is 0.843 bits per heavy atom. The molecule has 12 nitrogen and oxygen atoms in total. The van der Waals surface area contributed by atoms with Crippen LogP contribution in [-0.2, 0) is 45.4 Å². The molecule has 8 rings (SSSR count). The van der Waals surface area contributed by atoms with Crippen molar-refractivity contribution in [3.05, 3.63) is 119 Å². The van der Waals surface area contributed by atoms with E-state index < -0.39 is 53.4 Å². The first kappa shape index (κ1) is 32.8. The number of carbonyl (C=O) groups excluding carboxylic acids is 3. The fraction of sp³-hybridized carbons (Fsp3) is 0.308. The summed E-state index contributed by atoms with van der Waals surface area (Å²) in [6.07, 6.45) is 5.42. The van der Waals surface area contributed by atoms with Gasteiger partial charge in [0.25, 0.3) is 0 Å². The number of fused-ring (bicyclic) bond motifs is 10. The number of aromatic nitrogens is 1. The lowest BCUT2D eigenvalue weighted by Gasteiger charge is -2.29. The number of hydrogen-bond donors (Lipinski definition) is 3. The van der Waals surface area contributed by atoms with Crippen molar-refractivity contribution < 1.29 is 48.7 Å². The molecule has 5 aliphatic rings. The van der Waals surface area contributed by atoms with E-state index in [9.17, 15) is 29.7 Å². The van der Waals surface area contributed by atoms with Gasteiger partial charge in [-0.1, -0.05) is 55.7 Å². The van der Waals surface area contributed by atoms with Crippen LogP contribution in [0.5, 0.6) is 11.8 Å². The third kappa shape index (κ3) is 4.89. The lowest BCUT2D eigenvalue weighted by Crippen LogP contribution is -2.44. The molecular weight excluding hydrogens is 656 g/mol. The zero-order valence-electron chi connectivity index (χ0n) is 27.9. The summed E-state index contributed by atoms with van der Waals surface area (Å²) < 4.78 is 24.2.